The standard InChI is InChI=1S/C13H22N2O2/c1-10(9-16)15(2)8-11-4-5-13(17-3)12(6-11)7-14/h4-6,10,16H,7-9,14H2,1-3H3. The van der Waals surface area contributed by atoms with E-state index in [1.54, 1.807) is 7.11 Å². The number of nitrogens with zero attached hydrogens (tertiary/aromatic N) is 1. The molecule has 0 heterocycles. The molecule has 0 aliphatic carbocycles. The van der Waals surface area contributed by atoms with Crippen molar-refractivity contribution in [3.63, 3.8) is 0 Å². The Labute approximate surface area is 103 Å². The predicted molar refractivity (Wildman–Crippen MR) is 68.9 cm³/mol. The molecule has 0 amide bonds. The van der Waals surface area contributed by atoms with Gasteiger partial charge >= 0.3 is 0 Å². The first-order valence-corrected chi connectivity index (χ1v) is 5.79. The summed E-state index contributed by atoms with van der Waals surface area (Å²) < 4.78 is 5.23. The first-order valence-electron chi connectivity index (χ1n) is 5.79. The minimum absolute atomic E-state index is 0.151. The zero-order valence-corrected chi connectivity index (χ0v) is 10.8. The van der Waals surface area contributed by atoms with E-state index < -0.39 is 0 Å². The molecule has 96 valence electrons. The lowest BCUT2D eigenvalue weighted by Gasteiger charge is -2.23. The Kier molecular flexibility index (Phi) is 5.41. The van der Waals surface area contributed by atoms with Crippen molar-refractivity contribution in [1.82, 2.24) is 4.90 Å². The number of likely N-dealkylation sites (N-methyl/N-ethyl adjacent to an activating group) is 1. The number of nitrogens with two attached hydrogens (primary N) is 1. The lowest BCUT2D eigenvalue weighted by Crippen LogP contribution is -2.31. The van der Waals surface area contributed by atoms with Gasteiger partial charge in [-0.1, -0.05) is 6.07 Å². The van der Waals surface area contributed by atoms with Gasteiger partial charge in [-0.15, -0.1) is 0 Å². The van der Waals surface area contributed by atoms with E-state index in [1.807, 2.05) is 26.1 Å². The molecule has 0 aromatic heterocycles. The molecule has 0 fully saturated rings. The maximum atomic E-state index is 9.08. The molecule has 1 unspecified atom stereocenters. The Morgan fingerprint density at radius 3 is 2.71 bits per heavy atom. The molecule has 0 saturated carbocycles. The first-order chi connectivity index (χ1) is 8.12. The van der Waals surface area contributed by atoms with Crippen LogP contribution in [-0.4, -0.2) is 36.8 Å². The monoisotopic (exact) mass is 238 g/mol. The van der Waals surface area contributed by atoms with E-state index in [2.05, 4.69) is 11.0 Å². The quantitative estimate of drug-likeness (QED) is 0.775. The molecule has 0 aliphatic rings. The topological polar surface area (TPSA) is 58.7 Å². The van der Waals surface area contributed by atoms with Gasteiger partial charge in [-0.2, -0.15) is 0 Å². The third-order valence-electron chi connectivity index (χ3n) is 3.01. The van der Waals surface area contributed by atoms with E-state index in [1.165, 1.54) is 5.56 Å². The van der Waals surface area contributed by atoms with Crippen molar-refractivity contribution in [3.8, 4) is 5.75 Å². The minimum Gasteiger partial charge on any atom is -0.496 e. The molecule has 0 aliphatic heterocycles. The predicted octanol–water partition coefficient (Wildman–Crippen LogP) is 0.966. The maximum Gasteiger partial charge on any atom is 0.123 e. The zero-order chi connectivity index (χ0) is 12.8. The van der Waals surface area contributed by atoms with Gasteiger partial charge in [-0.05, 0) is 31.7 Å². The van der Waals surface area contributed by atoms with Crippen molar-refractivity contribution in [3.05, 3.63) is 29.3 Å². The largest absolute Gasteiger partial charge is 0.496 e. The second kappa shape index (κ2) is 6.59. The maximum absolute atomic E-state index is 9.08. The second-order valence-electron chi connectivity index (χ2n) is 4.30. The highest BCUT2D eigenvalue weighted by Gasteiger charge is 2.09. The molecule has 1 rings (SSSR count). The van der Waals surface area contributed by atoms with Crippen molar-refractivity contribution >= 4 is 0 Å². The summed E-state index contributed by atoms with van der Waals surface area (Å²) in [6.45, 7) is 3.42. The lowest BCUT2D eigenvalue weighted by atomic mass is 10.1. The van der Waals surface area contributed by atoms with Crippen LogP contribution < -0.4 is 10.5 Å². The van der Waals surface area contributed by atoms with Crippen molar-refractivity contribution in [2.45, 2.75) is 26.1 Å². The van der Waals surface area contributed by atoms with Crippen molar-refractivity contribution < 1.29 is 9.84 Å². The number of aliphatic hydroxyl groups is 1. The number of benzene rings is 1. The molecule has 0 saturated heterocycles. The van der Waals surface area contributed by atoms with Crippen molar-refractivity contribution in [2.24, 2.45) is 5.73 Å². The summed E-state index contributed by atoms with van der Waals surface area (Å²) in [6.07, 6.45) is 0. The third kappa shape index (κ3) is 3.70. The fourth-order valence-corrected chi connectivity index (χ4v) is 1.67. The molecule has 3 N–H and O–H groups in total. The van der Waals surface area contributed by atoms with Gasteiger partial charge in [0.25, 0.3) is 0 Å². The van der Waals surface area contributed by atoms with Gasteiger partial charge < -0.3 is 15.6 Å². The van der Waals surface area contributed by atoms with Crippen molar-refractivity contribution in [2.75, 3.05) is 20.8 Å². The first kappa shape index (κ1) is 14.0. The van der Waals surface area contributed by atoms with Crippen molar-refractivity contribution in [1.29, 1.82) is 0 Å². The van der Waals surface area contributed by atoms with Gasteiger partial charge in [0.1, 0.15) is 5.75 Å². The van der Waals surface area contributed by atoms with Crippen LogP contribution in [0.1, 0.15) is 18.1 Å². The van der Waals surface area contributed by atoms with Crippen LogP contribution in [0.4, 0.5) is 0 Å². The normalized spacial score (nSPS) is 12.8. The van der Waals surface area contributed by atoms with Gasteiger partial charge in [0, 0.05) is 24.7 Å². The fourth-order valence-electron chi connectivity index (χ4n) is 1.67. The Bertz CT molecular complexity index is 355. The Morgan fingerprint density at radius 2 is 2.18 bits per heavy atom. The highest BCUT2D eigenvalue weighted by Crippen LogP contribution is 2.20. The smallest absolute Gasteiger partial charge is 0.123 e. The van der Waals surface area contributed by atoms with Gasteiger partial charge in [0.2, 0.25) is 0 Å². The number of rotatable bonds is 6. The van der Waals surface area contributed by atoms with E-state index in [0.29, 0.717) is 6.54 Å². The summed E-state index contributed by atoms with van der Waals surface area (Å²) in [5.41, 5.74) is 7.86. The van der Waals surface area contributed by atoms with Crippen LogP contribution in [0, 0.1) is 0 Å². The zero-order valence-electron chi connectivity index (χ0n) is 10.8. The Hall–Kier alpha value is -1.10. The van der Waals surface area contributed by atoms with Gasteiger partial charge in [-0.3, -0.25) is 4.90 Å². The van der Waals surface area contributed by atoms with E-state index in [4.69, 9.17) is 15.6 Å². The molecular weight excluding hydrogens is 216 g/mol. The molecule has 0 spiro atoms. The van der Waals surface area contributed by atoms with E-state index in [0.717, 1.165) is 17.9 Å². The number of aliphatic hydroxyl groups excluding tert-OH is 1. The molecule has 4 heteroatoms. The molecule has 17 heavy (non-hydrogen) atoms. The number of hydrogen-bond acceptors (Lipinski definition) is 4. The summed E-state index contributed by atoms with van der Waals surface area (Å²) in [4.78, 5) is 2.10. The average Bonchev–Trinajstić information content (AvgIpc) is 2.37. The van der Waals surface area contributed by atoms with Gasteiger partial charge in [0.05, 0.1) is 13.7 Å². The summed E-state index contributed by atoms with van der Waals surface area (Å²) in [5, 5.41) is 9.08. The SMILES string of the molecule is COc1ccc(CN(C)C(C)CO)cc1CN. The number of ether oxygens (including phenoxy) is 1. The molecule has 0 radical (unpaired) electrons. The van der Waals surface area contributed by atoms with E-state index in [9.17, 15) is 0 Å². The van der Waals surface area contributed by atoms with Crippen LogP contribution in [0.3, 0.4) is 0 Å². The molecule has 1 aromatic rings. The summed E-state index contributed by atoms with van der Waals surface area (Å²) >= 11 is 0. The summed E-state index contributed by atoms with van der Waals surface area (Å²) in [6, 6.07) is 6.17. The van der Waals surface area contributed by atoms with E-state index >= 15 is 0 Å². The summed E-state index contributed by atoms with van der Waals surface area (Å²) in [7, 11) is 3.64. The highest BCUT2D eigenvalue weighted by atomic mass is 16.5. The molecule has 1 atom stereocenters. The highest BCUT2D eigenvalue weighted by molar-refractivity contribution is 5.37. The molecule has 4 nitrogen and oxygen atoms in total. The average molecular weight is 238 g/mol. The van der Waals surface area contributed by atoms with Crippen LogP contribution >= 0.6 is 0 Å². The van der Waals surface area contributed by atoms with Crippen LogP contribution in [0.25, 0.3) is 0 Å². The number of methoxy groups -OCH3 is 1. The lowest BCUT2D eigenvalue weighted by molar-refractivity contribution is 0.154. The third-order valence-corrected chi connectivity index (χ3v) is 3.01. The van der Waals surface area contributed by atoms with Crippen LogP contribution in [0.15, 0.2) is 18.2 Å². The van der Waals surface area contributed by atoms with Crippen LogP contribution in [0.2, 0.25) is 0 Å². The minimum atomic E-state index is 0.151. The summed E-state index contributed by atoms with van der Waals surface area (Å²) in [5.74, 6) is 0.828. The molecule has 0 bridgehead atoms. The fraction of sp³-hybridized carbons (Fsp3) is 0.538. The second-order valence-corrected chi connectivity index (χ2v) is 4.30. The van der Waals surface area contributed by atoms with Crippen LogP contribution in [-0.2, 0) is 13.1 Å². The van der Waals surface area contributed by atoms with Crippen LogP contribution in [0.5, 0.6) is 5.75 Å². The molecule has 1 aromatic carbocycles. The Morgan fingerprint density at radius 1 is 1.47 bits per heavy atom. The molecular formula is C13H22N2O2. The van der Waals surface area contributed by atoms with Gasteiger partial charge in [-0.25, -0.2) is 0 Å². The Balaban J connectivity index is 2.78. The van der Waals surface area contributed by atoms with Gasteiger partial charge in [0.15, 0.2) is 0 Å². The number of hydrogen-bond donors (Lipinski definition) is 2. The van der Waals surface area contributed by atoms with E-state index in [-0.39, 0.29) is 12.6 Å².